The zero-order valence-electron chi connectivity index (χ0n) is 13.5. The fourth-order valence-corrected chi connectivity index (χ4v) is 3.58. The summed E-state index contributed by atoms with van der Waals surface area (Å²) in [6.45, 7) is 1.90. The van der Waals surface area contributed by atoms with E-state index in [0.717, 1.165) is 0 Å². The molecule has 0 saturated carbocycles. The van der Waals surface area contributed by atoms with Crippen molar-refractivity contribution in [3.8, 4) is 0 Å². The average molecular weight is 374 g/mol. The Balaban J connectivity index is 1.78. The highest BCUT2D eigenvalue weighted by Gasteiger charge is 2.21. The highest BCUT2D eigenvalue weighted by atomic mass is 32.1. The summed E-state index contributed by atoms with van der Waals surface area (Å²) in [4.78, 5) is 35.3. The standard InChI is InChI=1S/C13H10N8O4S/c1-6-8-10-16-7(3-19-4-15-13(18-19)21(23)24)17-20(10)5-14-11(8)26-9(6)12(22)25-2/h4-5H,3H2,1-2H3. The third-order valence-electron chi connectivity index (χ3n) is 3.67. The molecule has 0 aliphatic carbocycles. The first-order chi connectivity index (χ1) is 12.5. The fourth-order valence-electron chi connectivity index (χ4n) is 2.52. The molecule has 4 rings (SSSR count). The lowest BCUT2D eigenvalue weighted by Gasteiger charge is -1.96. The van der Waals surface area contributed by atoms with Crippen LogP contribution in [0.3, 0.4) is 0 Å². The number of carbonyl (C=O) groups excluding carboxylic acids is 1. The van der Waals surface area contributed by atoms with Crippen LogP contribution in [0.5, 0.6) is 0 Å². The average Bonchev–Trinajstić information content (AvgIpc) is 3.31. The molecular weight excluding hydrogens is 364 g/mol. The molecule has 0 bridgehead atoms. The summed E-state index contributed by atoms with van der Waals surface area (Å²) in [5, 5.41) is 19.4. The number of esters is 1. The van der Waals surface area contributed by atoms with Crippen molar-refractivity contribution in [2.45, 2.75) is 13.5 Å². The van der Waals surface area contributed by atoms with Crippen LogP contribution in [0, 0.1) is 17.0 Å². The third kappa shape index (κ3) is 2.45. The number of methoxy groups -OCH3 is 1. The Kier molecular flexibility index (Phi) is 3.57. The number of carbonyl (C=O) groups is 1. The zero-order valence-corrected chi connectivity index (χ0v) is 14.3. The Bertz CT molecular complexity index is 1180. The molecule has 0 N–H and O–H groups in total. The van der Waals surface area contributed by atoms with Crippen LogP contribution in [-0.2, 0) is 11.3 Å². The Labute approximate surface area is 148 Å². The quantitative estimate of drug-likeness (QED) is 0.290. The summed E-state index contributed by atoms with van der Waals surface area (Å²) in [6.07, 6.45) is 2.73. The molecular formula is C13H10N8O4S. The van der Waals surface area contributed by atoms with Gasteiger partial charge in [0.15, 0.2) is 11.5 Å². The van der Waals surface area contributed by atoms with Gasteiger partial charge in [-0.05, 0) is 17.4 Å². The highest BCUT2D eigenvalue weighted by molar-refractivity contribution is 7.20. The number of hydrogen-bond acceptors (Lipinski definition) is 10. The van der Waals surface area contributed by atoms with Gasteiger partial charge in [0, 0.05) is 5.10 Å². The van der Waals surface area contributed by atoms with Gasteiger partial charge in [-0.15, -0.1) is 16.4 Å². The van der Waals surface area contributed by atoms with E-state index in [2.05, 4.69) is 25.1 Å². The summed E-state index contributed by atoms with van der Waals surface area (Å²) in [6, 6.07) is 0. The van der Waals surface area contributed by atoms with Gasteiger partial charge in [0.05, 0.1) is 12.5 Å². The van der Waals surface area contributed by atoms with Crippen molar-refractivity contribution in [1.29, 1.82) is 0 Å². The van der Waals surface area contributed by atoms with Crippen LogP contribution < -0.4 is 0 Å². The largest absolute Gasteiger partial charge is 0.490 e. The molecule has 26 heavy (non-hydrogen) atoms. The normalized spacial score (nSPS) is 11.3. The van der Waals surface area contributed by atoms with Gasteiger partial charge >= 0.3 is 11.9 Å². The van der Waals surface area contributed by atoms with E-state index in [9.17, 15) is 14.9 Å². The van der Waals surface area contributed by atoms with Crippen LogP contribution in [0.1, 0.15) is 21.1 Å². The molecule has 0 unspecified atom stereocenters. The molecule has 13 heteroatoms. The second-order valence-corrected chi connectivity index (χ2v) is 6.27. The van der Waals surface area contributed by atoms with Crippen molar-refractivity contribution in [2.24, 2.45) is 0 Å². The molecule has 0 spiro atoms. The number of thiophene rings is 1. The van der Waals surface area contributed by atoms with Gasteiger partial charge in [0.25, 0.3) is 0 Å². The number of aromatic nitrogens is 7. The number of ether oxygens (including phenoxy) is 1. The Morgan fingerprint density at radius 1 is 1.35 bits per heavy atom. The molecule has 4 heterocycles. The van der Waals surface area contributed by atoms with E-state index < -0.39 is 16.8 Å². The van der Waals surface area contributed by atoms with Crippen LogP contribution >= 0.6 is 11.3 Å². The van der Waals surface area contributed by atoms with Crippen LogP contribution in [0.2, 0.25) is 0 Å². The minimum Gasteiger partial charge on any atom is -0.465 e. The fraction of sp³-hybridized carbons (Fsp3) is 0.231. The van der Waals surface area contributed by atoms with Gasteiger partial charge in [-0.1, -0.05) is 4.98 Å². The number of nitro groups is 1. The van der Waals surface area contributed by atoms with Crippen molar-refractivity contribution >= 4 is 39.1 Å². The second kappa shape index (κ2) is 5.80. The molecule has 12 nitrogen and oxygen atoms in total. The molecule has 132 valence electrons. The maximum atomic E-state index is 11.9. The smallest absolute Gasteiger partial charge is 0.465 e. The van der Waals surface area contributed by atoms with Crippen molar-refractivity contribution in [2.75, 3.05) is 7.11 Å². The summed E-state index contributed by atoms with van der Waals surface area (Å²) >= 11 is 1.22. The highest BCUT2D eigenvalue weighted by Crippen LogP contribution is 2.32. The Hall–Kier alpha value is -3.48. The molecule has 0 atom stereocenters. The molecule has 4 aromatic heterocycles. The predicted octanol–water partition coefficient (Wildman–Crippen LogP) is 0.982. The summed E-state index contributed by atoms with van der Waals surface area (Å²) < 4.78 is 7.56. The van der Waals surface area contributed by atoms with Crippen molar-refractivity contribution in [1.82, 2.24) is 34.3 Å². The SMILES string of the molecule is COC(=O)c1sc2ncn3nc(Cn4cnc([N+](=O)[O-])n4)nc3c2c1C. The van der Waals surface area contributed by atoms with Gasteiger partial charge in [-0.2, -0.15) is 4.68 Å². The number of fused-ring (bicyclic) bond motifs is 3. The van der Waals surface area contributed by atoms with E-state index in [-0.39, 0.29) is 6.54 Å². The summed E-state index contributed by atoms with van der Waals surface area (Å²) in [5.41, 5.74) is 1.24. The maximum absolute atomic E-state index is 11.9. The van der Waals surface area contributed by atoms with Crippen molar-refractivity contribution < 1.29 is 14.5 Å². The van der Waals surface area contributed by atoms with Crippen molar-refractivity contribution in [3.05, 3.63) is 39.0 Å². The first kappa shape index (κ1) is 16.0. The molecule has 0 radical (unpaired) electrons. The van der Waals surface area contributed by atoms with Gasteiger partial charge in [-0.3, -0.25) is 0 Å². The summed E-state index contributed by atoms with van der Waals surface area (Å²) in [5.74, 6) is -0.545. The first-order valence-corrected chi connectivity index (χ1v) is 8.05. The first-order valence-electron chi connectivity index (χ1n) is 7.23. The minimum atomic E-state index is -0.676. The zero-order chi connectivity index (χ0) is 18.4. The second-order valence-electron chi connectivity index (χ2n) is 5.27. The lowest BCUT2D eigenvalue weighted by Crippen LogP contribution is -2.03. The molecule has 0 fully saturated rings. The summed E-state index contributed by atoms with van der Waals surface area (Å²) in [7, 11) is 1.32. The number of nitrogens with zero attached hydrogens (tertiary/aromatic N) is 8. The maximum Gasteiger partial charge on any atom is 0.490 e. The van der Waals surface area contributed by atoms with Crippen molar-refractivity contribution in [3.63, 3.8) is 0 Å². The van der Waals surface area contributed by atoms with Gasteiger partial charge in [0.2, 0.25) is 6.33 Å². The van der Waals surface area contributed by atoms with E-state index in [1.54, 1.807) is 6.92 Å². The molecule has 0 saturated heterocycles. The minimum absolute atomic E-state index is 0.108. The van der Waals surface area contributed by atoms with E-state index >= 15 is 0 Å². The van der Waals surface area contributed by atoms with Crippen LogP contribution in [0.25, 0.3) is 15.9 Å². The van der Waals surface area contributed by atoms with Gasteiger partial charge in [-0.25, -0.2) is 19.3 Å². The van der Waals surface area contributed by atoms with E-state index in [0.29, 0.717) is 32.1 Å². The lowest BCUT2D eigenvalue weighted by molar-refractivity contribution is -0.394. The van der Waals surface area contributed by atoms with Crippen LogP contribution in [0.15, 0.2) is 12.7 Å². The topological polar surface area (TPSA) is 143 Å². The Morgan fingerprint density at radius 2 is 2.15 bits per heavy atom. The number of aryl methyl sites for hydroxylation is 1. The van der Waals surface area contributed by atoms with Crippen LogP contribution in [-0.4, -0.2) is 52.3 Å². The van der Waals surface area contributed by atoms with E-state index in [1.165, 1.54) is 40.3 Å². The van der Waals surface area contributed by atoms with Gasteiger partial charge in [0.1, 0.15) is 22.6 Å². The number of hydrogen-bond donors (Lipinski definition) is 0. The molecule has 0 aromatic carbocycles. The predicted molar refractivity (Wildman–Crippen MR) is 88.0 cm³/mol. The van der Waals surface area contributed by atoms with Gasteiger partial charge < -0.3 is 14.9 Å². The van der Waals surface area contributed by atoms with Crippen LogP contribution in [0.4, 0.5) is 5.95 Å². The van der Waals surface area contributed by atoms with E-state index in [1.807, 2.05) is 0 Å². The monoisotopic (exact) mass is 374 g/mol. The molecule has 4 aromatic rings. The Morgan fingerprint density at radius 3 is 2.85 bits per heavy atom. The molecule has 0 aliphatic heterocycles. The lowest BCUT2D eigenvalue weighted by atomic mass is 10.2. The molecule has 0 amide bonds. The van der Waals surface area contributed by atoms with E-state index in [4.69, 9.17) is 4.74 Å². The molecule has 0 aliphatic rings. The number of rotatable bonds is 4. The third-order valence-corrected chi connectivity index (χ3v) is 4.85.